The van der Waals surface area contributed by atoms with Crippen LogP contribution in [0.2, 0.25) is 0 Å². The lowest BCUT2D eigenvalue weighted by Gasteiger charge is -2.20. The Morgan fingerprint density at radius 1 is 1.15 bits per heavy atom. The van der Waals surface area contributed by atoms with E-state index in [0.717, 1.165) is 24.2 Å². The molecular weight excluding hydrogens is 250 g/mol. The number of nitrogens with one attached hydrogen (secondary N) is 1. The number of aromatic nitrogens is 2. The first-order valence-electron chi connectivity index (χ1n) is 7.51. The third-order valence-electron chi connectivity index (χ3n) is 3.60. The minimum absolute atomic E-state index is 0.888. The summed E-state index contributed by atoms with van der Waals surface area (Å²) in [7, 11) is 1.70. The number of rotatable bonds is 8. The first-order chi connectivity index (χ1) is 9.78. The van der Waals surface area contributed by atoms with E-state index < -0.39 is 0 Å². The molecule has 0 aliphatic rings. The highest BCUT2D eigenvalue weighted by molar-refractivity contribution is 5.82. The second kappa shape index (κ2) is 7.29. The molecule has 1 N–H and O–H groups in total. The molecule has 2 aromatic rings. The Bertz CT molecular complexity index is 530. The summed E-state index contributed by atoms with van der Waals surface area (Å²) >= 11 is 0. The van der Waals surface area contributed by atoms with Gasteiger partial charge in [-0.1, -0.05) is 13.8 Å². The lowest BCUT2D eigenvalue weighted by atomic mass is 10.1. The van der Waals surface area contributed by atoms with Crippen LogP contribution >= 0.6 is 0 Å². The summed E-state index contributed by atoms with van der Waals surface area (Å²) in [5.41, 5.74) is 2.22. The Morgan fingerprint density at radius 3 is 2.55 bits per heavy atom. The maximum Gasteiger partial charge on any atom is 0.119 e. The summed E-state index contributed by atoms with van der Waals surface area (Å²) in [5, 5.41) is 8.72. The quantitative estimate of drug-likeness (QED) is 0.804. The van der Waals surface area contributed by atoms with Crippen molar-refractivity contribution in [2.45, 2.75) is 33.1 Å². The zero-order valence-electron chi connectivity index (χ0n) is 12.8. The van der Waals surface area contributed by atoms with Gasteiger partial charge in [-0.25, -0.2) is 0 Å². The molecule has 0 aliphatic carbocycles. The van der Waals surface area contributed by atoms with Crippen molar-refractivity contribution < 1.29 is 4.74 Å². The Morgan fingerprint density at radius 2 is 1.90 bits per heavy atom. The summed E-state index contributed by atoms with van der Waals surface area (Å²) in [4.78, 5) is 2.52. The molecule has 4 heteroatoms. The van der Waals surface area contributed by atoms with Crippen molar-refractivity contribution in [3.8, 4) is 5.75 Å². The predicted molar refractivity (Wildman–Crippen MR) is 83.4 cm³/mol. The zero-order valence-corrected chi connectivity index (χ0v) is 12.8. The molecule has 110 valence electrons. The van der Waals surface area contributed by atoms with Gasteiger partial charge in [0.15, 0.2) is 0 Å². The number of H-pyrrole nitrogens is 1. The standard InChI is InChI=1S/C16H25N3O/c1-4-9-19(10-5-2)11-8-16-14-12-13(20-3)6-7-15(14)17-18-16/h6-7,12H,4-5,8-11H2,1-3H3,(H,17,18). The number of nitrogens with zero attached hydrogens (tertiary/aromatic N) is 2. The third-order valence-corrected chi connectivity index (χ3v) is 3.60. The van der Waals surface area contributed by atoms with E-state index in [1.54, 1.807) is 7.11 Å². The molecule has 0 amide bonds. The van der Waals surface area contributed by atoms with Crippen LogP contribution < -0.4 is 4.74 Å². The Balaban J connectivity index is 2.08. The first kappa shape index (κ1) is 14.9. The summed E-state index contributed by atoms with van der Waals surface area (Å²) < 4.78 is 5.30. The van der Waals surface area contributed by atoms with Crippen LogP contribution in [0, 0.1) is 0 Å². The molecule has 1 heterocycles. The van der Waals surface area contributed by atoms with Gasteiger partial charge in [0.25, 0.3) is 0 Å². The largest absolute Gasteiger partial charge is 0.497 e. The Kier molecular flexibility index (Phi) is 5.41. The van der Waals surface area contributed by atoms with Crippen LogP contribution in [-0.4, -0.2) is 41.8 Å². The molecule has 0 bridgehead atoms. The summed E-state index contributed by atoms with van der Waals surface area (Å²) in [6.45, 7) is 7.89. The van der Waals surface area contributed by atoms with Gasteiger partial charge in [-0.2, -0.15) is 5.10 Å². The van der Waals surface area contributed by atoms with Crippen molar-refractivity contribution in [3.05, 3.63) is 23.9 Å². The molecule has 0 unspecified atom stereocenters. The average Bonchev–Trinajstić information content (AvgIpc) is 2.87. The Labute approximate surface area is 121 Å². The molecule has 0 atom stereocenters. The highest BCUT2D eigenvalue weighted by Gasteiger charge is 2.09. The van der Waals surface area contributed by atoms with Crippen molar-refractivity contribution >= 4 is 10.9 Å². The van der Waals surface area contributed by atoms with Crippen LogP contribution in [-0.2, 0) is 6.42 Å². The minimum atomic E-state index is 0.888. The smallest absolute Gasteiger partial charge is 0.119 e. The summed E-state index contributed by atoms with van der Waals surface area (Å²) in [6.07, 6.45) is 3.42. The van der Waals surface area contributed by atoms with Crippen LogP contribution in [0.15, 0.2) is 18.2 Å². The maximum absolute atomic E-state index is 5.30. The van der Waals surface area contributed by atoms with Crippen molar-refractivity contribution in [3.63, 3.8) is 0 Å². The molecule has 0 fully saturated rings. The molecule has 0 radical (unpaired) electrons. The number of ether oxygens (including phenoxy) is 1. The van der Waals surface area contributed by atoms with Gasteiger partial charge in [0.2, 0.25) is 0 Å². The SMILES string of the molecule is CCCN(CCC)CCc1[nH]nc2ccc(OC)cc12. The van der Waals surface area contributed by atoms with Gasteiger partial charge in [0.1, 0.15) is 5.75 Å². The topological polar surface area (TPSA) is 41.2 Å². The number of hydrogen-bond donors (Lipinski definition) is 1. The van der Waals surface area contributed by atoms with Gasteiger partial charge in [0.05, 0.1) is 12.6 Å². The van der Waals surface area contributed by atoms with Crippen molar-refractivity contribution in [1.82, 2.24) is 15.1 Å². The van der Waals surface area contributed by atoms with Gasteiger partial charge in [0, 0.05) is 24.0 Å². The van der Waals surface area contributed by atoms with Crippen LogP contribution in [0.25, 0.3) is 10.9 Å². The van der Waals surface area contributed by atoms with Gasteiger partial charge in [-0.3, -0.25) is 5.10 Å². The van der Waals surface area contributed by atoms with Crippen molar-refractivity contribution in [2.24, 2.45) is 0 Å². The van der Waals surface area contributed by atoms with Gasteiger partial charge in [-0.05, 0) is 44.1 Å². The normalized spacial score (nSPS) is 11.4. The second-order valence-corrected chi connectivity index (χ2v) is 5.18. The predicted octanol–water partition coefficient (Wildman–Crippen LogP) is 3.24. The first-order valence-corrected chi connectivity index (χ1v) is 7.51. The molecule has 4 nitrogen and oxygen atoms in total. The van der Waals surface area contributed by atoms with Crippen molar-refractivity contribution in [1.29, 1.82) is 0 Å². The third kappa shape index (κ3) is 3.51. The molecule has 0 spiro atoms. The number of benzene rings is 1. The zero-order chi connectivity index (χ0) is 14.4. The fraction of sp³-hybridized carbons (Fsp3) is 0.562. The molecule has 20 heavy (non-hydrogen) atoms. The van der Waals surface area contributed by atoms with Crippen LogP contribution in [0.1, 0.15) is 32.4 Å². The number of hydrogen-bond acceptors (Lipinski definition) is 3. The van der Waals surface area contributed by atoms with Crippen LogP contribution in [0.4, 0.5) is 0 Å². The monoisotopic (exact) mass is 275 g/mol. The fourth-order valence-electron chi connectivity index (χ4n) is 2.60. The average molecular weight is 275 g/mol. The van der Waals surface area contributed by atoms with E-state index in [1.165, 1.54) is 37.0 Å². The van der Waals surface area contributed by atoms with E-state index in [9.17, 15) is 0 Å². The molecule has 1 aromatic heterocycles. The molecule has 0 aliphatic heterocycles. The molecule has 2 rings (SSSR count). The van der Waals surface area contributed by atoms with E-state index >= 15 is 0 Å². The molecule has 0 saturated carbocycles. The molecule has 0 saturated heterocycles. The number of methoxy groups -OCH3 is 1. The lowest BCUT2D eigenvalue weighted by molar-refractivity contribution is 0.277. The Hall–Kier alpha value is -1.55. The van der Waals surface area contributed by atoms with Gasteiger partial charge >= 0.3 is 0 Å². The highest BCUT2D eigenvalue weighted by atomic mass is 16.5. The fourth-order valence-corrected chi connectivity index (χ4v) is 2.60. The maximum atomic E-state index is 5.30. The minimum Gasteiger partial charge on any atom is -0.497 e. The molecule has 1 aromatic carbocycles. The van der Waals surface area contributed by atoms with E-state index in [0.29, 0.717) is 0 Å². The van der Waals surface area contributed by atoms with Crippen LogP contribution in [0.5, 0.6) is 5.75 Å². The van der Waals surface area contributed by atoms with Crippen molar-refractivity contribution in [2.75, 3.05) is 26.7 Å². The van der Waals surface area contributed by atoms with Gasteiger partial charge in [-0.15, -0.1) is 0 Å². The van der Waals surface area contributed by atoms with E-state index in [4.69, 9.17) is 4.74 Å². The summed E-state index contributed by atoms with van der Waals surface area (Å²) in [6, 6.07) is 6.02. The van der Waals surface area contributed by atoms with Crippen LogP contribution in [0.3, 0.4) is 0 Å². The molecular formula is C16H25N3O. The lowest BCUT2D eigenvalue weighted by Crippen LogP contribution is -2.27. The van der Waals surface area contributed by atoms with E-state index in [-0.39, 0.29) is 0 Å². The number of aromatic amines is 1. The van der Waals surface area contributed by atoms with E-state index in [1.807, 2.05) is 12.1 Å². The number of fused-ring (bicyclic) bond motifs is 1. The second-order valence-electron chi connectivity index (χ2n) is 5.18. The van der Waals surface area contributed by atoms with E-state index in [2.05, 4.69) is 35.0 Å². The summed E-state index contributed by atoms with van der Waals surface area (Å²) in [5.74, 6) is 0.888. The highest BCUT2D eigenvalue weighted by Crippen LogP contribution is 2.22. The van der Waals surface area contributed by atoms with Gasteiger partial charge < -0.3 is 9.64 Å².